The molecule has 4 aromatic rings. The molecule has 8 nitrogen and oxygen atoms in total. The van der Waals surface area contributed by atoms with Crippen molar-refractivity contribution in [3.8, 4) is 11.4 Å². The fourth-order valence-electron chi connectivity index (χ4n) is 4.23. The number of halogens is 1. The molecule has 0 radical (unpaired) electrons. The number of pyridine rings is 2. The average molecular weight is 476 g/mol. The third-order valence-corrected chi connectivity index (χ3v) is 6.18. The minimum atomic E-state index is -0.758. The van der Waals surface area contributed by atoms with Gasteiger partial charge in [0.1, 0.15) is 17.3 Å². The van der Waals surface area contributed by atoms with Crippen LogP contribution in [0.4, 0.5) is 15.8 Å². The summed E-state index contributed by atoms with van der Waals surface area (Å²) >= 11 is 0. The lowest BCUT2D eigenvalue weighted by Gasteiger charge is -2.21. The highest BCUT2D eigenvalue weighted by Crippen LogP contribution is 2.41. The zero-order valence-corrected chi connectivity index (χ0v) is 19.5. The lowest BCUT2D eigenvalue weighted by Crippen LogP contribution is -2.29. The number of hydrogen-bond acceptors (Lipinski definition) is 6. The van der Waals surface area contributed by atoms with Crippen LogP contribution in [0, 0.1) is 12.7 Å². The van der Waals surface area contributed by atoms with Gasteiger partial charge in [-0.3, -0.25) is 9.78 Å². The molecule has 0 amide bonds. The second-order valence-electron chi connectivity index (χ2n) is 8.74. The number of nitrogens with zero attached hydrogens (tertiary/aromatic N) is 4. The molecule has 3 aromatic heterocycles. The molecular weight excluding hydrogens is 449 g/mol. The van der Waals surface area contributed by atoms with E-state index in [4.69, 9.17) is 4.74 Å². The molecule has 1 aliphatic carbocycles. The Hall–Kier alpha value is -3.98. The topological polar surface area (TPSA) is 94.2 Å². The normalized spacial score (nSPS) is 14.1. The second kappa shape index (κ2) is 9.34. The van der Waals surface area contributed by atoms with Crippen molar-refractivity contribution in [1.82, 2.24) is 19.1 Å². The van der Waals surface area contributed by atoms with Gasteiger partial charge in [0.25, 0.3) is 5.56 Å². The third kappa shape index (κ3) is 4.67. The summed E-state index contributed by atoms with van der Waals surface area (Å²) in [5.41, 5.74) is 3.84. The number of aromatic nitrogens is 4. The van der Waals surface area contributed by atoms with E-state index in [0.717, 1.165) is 36.0 Å². The molecule has 180 valence electrons. The first-order chi connectivity index (χ1) is 17.0. The summed E-state index contributed by atoms with van der Waals surface area (Å²) in [6.07, 6.45) is 10.0. The molecule has 3 heterocycles. The Morgan fingerprint density at radius 2 is 2.06 bits per heavy atom. The van der Waals surface area contributed by atoms with Crippen LogP contribution in [0.5, 0.6) is 5.75 Å². The number of hydrogen-bond donors (Lipinski definition) is 2. The van der Waals surface area contributed by atoms with Gasteiger partial charge in [-0.25, -0.2) is 9.37 Å². The first kappa shape index (κ1) is 22.8. The van der Waals surface area contributed by atoms with Crippen molar-refractivity contribution in [1.29, 1.82) is 0 Å². The van der Waals surface area contributed by atoms with Crippen molar-refractivity contribution in [2.24, 2.45) is 0 Å². The second-order valence-corrected chi connectivity index (χ2v) is 8.74. The molecule has 0 unspecified atom stereocenters. The Morgan fingerprint density at radius 3 is 2.71 bits per heavy atom. The number of imidazole rings is 1. The highest BCUT2D eigenvalue weighted by Gasteiger charge is 2.27. The highest BCUT2D eigenvalue weighted by molar-refractivity contribution is 5.65. The molecule has 1 atom stereocenters. The molecule has 0 aliphatic heterocycles. The summed E-state index contributed by atoms with van der Waals surface area (Å²) in [4.78, 5) is 21.7. The number of anilines is 2. The van der Waals surface area contributed by atoms with Crippen molar-refractivity contribution < 1.29 is 14.2 Å². The predicted octanol–water partition coefficient (Wildman–Crippen LogP) is 4.09. The van der Waals surface area contributed by atoms with Gasteiger partial charge in [0.05, 0.1) is 43.7 Å². The summed E-state index contributed by atoms with van der Waals surface area (Å²) in [5, 5.41) is 13.4. The summed E-state index contributed by atoms with van der Waals surface area (Å²) in [6, 6.07) is 7.96. The van der Waals surface area contributed by atoms with Crippen LogP contribution in [-0.2, 0) is 0 Å². The number of aliphatic hydroxyl groups is 1. The molecule has 0 spiro atoms. The van der Waals surface area contributed by atoms with E-state index in [9.17, 15) is 14.3 Å². The van der Waals surface area contributed by atoms with Gasteiger partial charge in [0.15, 0.2) is 0 Å². The van der Waals surface area contributed by atoms with Gasteiger partial charge in [-0.05, 0) is 61.1 Å². The Bertz CT molecular complexity index is 1430. The molecule has 0 saturated heterocycles. The van der Waals surface area contributed by atoms with Gasteiger partial charge < -0.3 is 24.3 Å². The number of nitrogens with one attached hydrogen (secondary N) is 1. The molecule has 1 saturated carbocycles. The quantitative estimate of drug-likeness (QED) is 0.399. The van der Waals surface area contributed by atoms with Crippen LogP contribution < -0.4 is 15.6 Å². The van der Waals surface area contributed by atoms with Crippen LogP contribution in [0.15, 0.2) is 66.2 Å². The van der Waals surface area contributed by atoms with Gasteiger partial charge in [0, 0.05) is 30.3 Å². The Morgan fingerprint density at radius 1 is 1.23 bits per heavy atom. The Balaban J connectivity index is 1.54. The van der Waals surface area contributed by atoms with Crippen LogP contribution >= 0.6 is 0 Å². The van der Waals surface area contributed by atoms with Gasteiger partial charge >= 0.3 is 0 Å². The van der Waals surface area contributed by atoms with E-state index in [1.54, 1.807) is 19.6 Å². The minimum absolute atomic E-state index is 0.328. The van der Waals surface area contributed by atoms with E-state index >= 15 is 0 Å². The lowest BCUT2D eigenvalue weighted by molar-refractivity contribution is 0.246. The molecule has 1 aromatic carbocycles. The van der Waals surface area contributed by atoms with Crippen molar-refractivity contribution in [2.45, 2.75) is 31.7 Å². The van der Waals surface area contributed by atoms with E-state index in [-0.39, 0.29) is 12.2 Å². The van der Waals surface area contributed by atoms with Crippen LogP contribution in [0.2, 0.25) is 0 Å². The van der Waals surface area contributed by atoms with Gasteiger partial charge in [-0.1, -0.05) is 0 Å². The monoisotopic (exact) mass is 475 g/mol. The third-order valence-electron chi connectivity index (χ3n) is 6.18. The average Bonchev–Trinajstić information content (AvgIpc) is 3.62. The first-order valence-electron chi connectivity index (χ1n) is 11.4. The smallest absolute Gasteiger partial charge is 0.274 e. The minimum Gasteiger partial charge on any atom is -0.494 e. The van der Waals surface area contributed by atoms with Crippen molar-refractivity contribution in [3.05, 3.63) is 94.4 Å². The Labute approximate surface area is 201 Å². The fraction of sp³-hybridized carbons (Fsp3) is 0.269. The molecule has 35 heavy (non-hydrogen) atoms. The van der Waals surface area contributed by atoms with Crippen LogP contribution in [0.1, 0.15) is 41.6 Å². The van der Waals surface area contributed by atoms with E-state index in [1.807, 2.05) is 42.0 Å². The largest absolute Gasteiger partial charge is 0.494 e. The van der Waals surface area contributed by atoms with Gasteiger partial charge in [-0.15, -0.1) is 0 Å². The number of aryl methyl sites for hydroxylation is 1. The van der Waals surface area contributed by atoms with Crippen molar-refractivity contribution >= 4 is 11.4 Å². The summed E-state index contributed by atoms with van der Waals surface area (Å²) in [7, 11) is 1.59. The maximum absolute atomic E-state index is 13.8. The highest BCUT2D eigenvalue weighted by atomic mass is 19.1. The van der Waals surface area contributed by atoms with Gasteiger partial charge in [0.2, 0.25) is 0 Å². The number of ether oxygens (including phenoxy) is 1. The maximum atomic E-state index is 13.8. The van der Waals surface area contributed by atoms with Gasteiger partial charge in [-0.2, -0.15) is 0 Å². The molecule has 2 N–H and O–H groups in total. The maximum Gasteiger partial charge on any atom is 0.274 e. The van der Waals surface area contributed by atoms with Crippen LogP contribution in [0.3, 0.4) is 0 Å². The standard InChI is InChI=1S/C26H26FN5O3/c1-16-12-31(15-29-16)23-6-5-21(9-25(23)35-2)30-22-8-19(17-3-4-17)13-32(26(22)34)24(14-33)18-7-20(27)11-28-10-18/h5-13,15,17,24,30,33H,3-4,14H2,1-2H3/t24-/m0/s1. The zero-order valence-electron chi connectivity index (χ0n) is 19.5. The SMILES string of the molecule is COc1cc(Nc2cc(C3CC3)cn([C@@H](CO)c3cncc(F)c3)c2=O)ccc1-n1cnc(C)c1. The van der Waals surface area contributed by atoms with E-state index in [0.29, 0.717) is 28.6 Å². The van der Waals surface area contributed by atoms with Crippen molar-refractivity contribution in [2.75, 3.05) is 19.0 Å². The fourth-order valence-corrected chi connectivity index (χ4v) is 4.23. The van der Waals surface area contributed by atoms with E-state index in [1.165, 1.54) is 16.8 Å². The summed E-state index contributed by atoms with van der Waals surface area (Å²) in [6.45, 7) is 1.54. The van der Waals surface area contributed by atoms with Crippen LogP contribution in [0.25, 0.3) is 5.69 Å². The van der Waals surface area contributed by atoms with E-state index in [2.05, 4.69) is 15.3 Å². The molecular formula is C26H26FN5O3. The number of methoxy groups -OCH3 is 1. The van der Waals surface area contributed by atoms with Crippen LogP contribution in [-0.4, -0.2) is 37.9 Å². The zero-order chi connectivity index (χ0) is 24.5. The molecule has 5 rings (SSSR count). The number of benzene rings is 1. The Kier molecular flexibility index (Phi) is 6.08. The summed E-state index contributed by atoms with van der Waals surface area (Å²) in [5.74, 6) is 0.449. The van der Waals surface area contributed by atoms with E-state index < -0.39 is 11.9 Å². The lowest BCUT2D eigenvalue weighted by atomic mass is 10.1. The molecule has 9 heteroatoms. The summed E-state index contributed by atoms with van der Waals surface area (Å²) < 4.78 is 22.8. The predicted molar refractivity (Wildman–Crippen MR) is 130 cm³/mol. The molecule has 0 bridgehead atoms. The number of aliphatic hydroxyl groups excluding tert-OH is 1. The molecule has 1 aliphatic rings. The van der Waals surface area contributed by atoms with Crippen molar-refractivity contribution in [3.63, 3.8) is 0 Å². The number of rotatable bonds is 8. The molecule has 1 fully saturated rings. The first-order valence-corrected chi connectivity index (χ1v) is 11.4.